The standard InChI is InChI=1S/C11H13N/c1-5-9-8(4)10(6-2)12-11(9)7-3/h5-7,12H,1-3H2,4H3. The number of aromatic nitrogens is 1. The first kappa shape index (κ1) is 8.60. The zero-order valence-electron chi connectivity index (χ0n) is 7.35. The minimum Gasteiger partial charge on any atom is -0.355 e. The van der Waals surface area contributed by atoms with Crippen LogP contribution in [0.1, 0.15) is 22.5 Å². The topological polar surface area (TPSA) is 15.8 Å². The van der Waals surface area contributed by atoms with Crippen molar-refractivity contribution in [2.75, 3.05) is 0 Å². The van der Waals surface area contributed by atoms with Gasteiger partial charge in [0.1, 0.15) is 0 Å². The lowest BCUT2D eigenvalue weighted by Gasteiger charge is -1.91. The zero-order valence-corrected chi connectivity index (χ0v) is 7.35. The third kappa shape index (κ3) is 1.14. The van der Waals surface area contributed by atoms with E-state index in [9.17, 15) is 0 Å². The number of hydrogen-bond donors (Lipinski definition) is 1. The highest BCUT2D eigenvalue weighted by Gasteiger charge is 2.05. The molecule has 62 valence electrons. The normalized spacial score (nSPS) is 9.42. The van der Waals surface area contributed by atoms with Crippen LogP contribution in [0.15, 0.2) is 19.7 Å². The van der Waals surface area contributed by atoms with E-state index >= 15 is 0 Å². The van der Waals surface area contributed by atoms with Gasteiger partial charge in [-0.15, -0.1) is 0 Å². The molecule has 1 aromatic rings. The van der Waals surface area contributed by atoms with Gasteiger partial charge in [0.15, 0.2) is 0 Å². The van der Waals surface area contributed by atoms with Gasteiger partial charge >= 0.3 is 0 Å². The van der Waals surface area contributed by atoms with E-state index in [1.165, 1.54) is 5.56 Å². The van der Waals surface area contributed by atoms with Gasteiger partial charge in [-0.3, -0.25) is 0 Å². The third-order valence-corrected chi connectivity index (χ3v) is 1.98. The van der Waals surface area contributed by atoms with E-state index in [0.29, 0.717) is 0 Å². The van der Waals surface area contributed by atoms with Crippen LogP contribution in [-0.2, 0) is 0 Å². The molecular weight excluding hydrogens is 146 g/mol. The Morgan fingerprint density at radius 3 is 1.92 bits per heavy atom. The summed E-state index contributed by atoms with van der Waals surface area (Å²) in [5.74, 6) is 0. The molecule has 12 heavy (non-hydrogen) atoms. The Morgan fingerprint density at radius 1 is 1.00 bits per heavy atom. The highest BCUT2D eigenvalue weighted by atomic mass is 14.7. The summed E-state index contributed by atoms with van der Waals surface area (Å²) in [7, 11) is 0. The van der Waals surface area contributed by atoms with Crippen LogP contribution in [0.5, 0.6) is 0 Å². The van der Waals surface area contributed by atoms with Crippen molar-refractivity contribution in [1.82, 2.24) is 4.98 Å². The first-order valence-corrected chi connectivity index (χ1v) is 3.84. The van der Waals surface area contributed by atoms with Crippen LogP contribution in [0.2, 0.25) is 0 Å². The highest BCUT2D eigenvalue weighted by molar-refractivity contribution is 5.69. The Bertz CT molecular complexity index is 329. The molecule has 0 fully saturated rings. The number of rotatable bonds is 3. The Morgan fingerprint density at radius 2 is 1.58 bits per heavy atom. The van der Waals surface area contributed by atoms with E-state index in [-0.39, 0.29) is 0 Å². The molecule has 1 nitrogen and oxygen atoms in total. The molecule has 0 radical (unpaired) electrons. The van der Waals surface area contributed by atoms with Gasteiger partial charge in [-0.05, 0) is 24.6 Å². The highest BCUT2D eigenvalue weighted by Crippen LogP contribution is 2.20. The molecule has 1 N–H and O–H groups in total. The largest absolute Gasteiger partial charge is 0.355 e. The molecule has 0 saturated carbocycles. The molecule has 1 rings (SSSR count). The van der Waals surface area contributed by atoms with Gasteiger partial charge < -0.3 is 4.98 Å². The van der Waals surface area contributed by atoms with Crippen LogP contribution >= 0.6 is 0 Å². The van der Waals surface area contributed by atoms with Gasteiger partial charge in [0.2, 0.25) is 0 Å². The maximum absolute atomic E-state index is 3.75. The van der Waals surface area contributed by atoms with Crippen molar-refractivity contribution >= 4 is 18.2 Å². The van der Waals surface area contributed by atoms with E-state index in [4.69, 9.17) is 0 Å². The number of H-pyrrole nitrogens is 1. The molecule has 0 aromatic carbocycles. The maximum atomic E-state index is 3.75. The average molecular weight is 159 g/mol. The molecule has 0 aliphatic carbocycles. The van der Waals surface area contributed by atoms with Crippen molar-refractivity contribution in [2.24, 2.45) is 0 Å². The Balaban J connectivity index is 3.41. The van der Waals surface area contributed by atoms with E-state index in [2.05, 4.69) is 24.7 Å². The van der Waals surface area contributed by atoms with Gasteiger partial charge in [0.05, 0.1) is 0 Å². The SMILES string of the molecule is C=Cc1[nH]c(C=C)c(C=C)c1C. The summed E-state index contributed by atoms with van der Waals surface area (Å²) in [5.41, 5.74) is 4.34. The van der Waals surface area contributed by atoms with Crippen molar-refractivity contribution in [2.45, 2.75) is 6.92 Å². The number of aromatic amines is 1. The molecule has 1 aromatic heterocycles. The Kier molecular flexibility index (Phi) is 2.34. The smallest absolute Gasteiger partial charge is 0.0455 e. The fraction of sp³-hybridized carbons (Fsp3) is 0.0909. The van der Waals surface area contributed by atoms with Gasteiger partial charge in [0.25, 0.3) is 0 Å². The molecule has 0 aliphatic rings. The van der Waals surface area contributed by atoms with Crippen LogP contribution in [0.4, 0.5) is 0 Å². The molecule has 0 saturated heterocycles. The van der Waals surface area contributed by atoms with Crippen molar-refractivity contribution in [3.05, 3.63) is 42.3 Å². The molecule has 0 atom stereocenters. The van der Waals surface area contributed by atoms with Crippen LogP contribution < -0.4 is 0 Å². The van der Waals surface area contributed by atoms with Crippen LogP contribution in [-0.4, -0.2) is 4.98 Å². The van der Waals surface area contributed by atoms with E-state index < -0.39 is 0 Å². The minimum absolute atomic E-state index is 1.01. The van der Waals surface area contributed by atoms with E-state index in [1.54, 1.807) is 12.2 Å². The zero-order chi connectivity index (χ0) is 9.14. The van der Waals surface area contributed by atoms with Gasteiger partial charge in [0, 0.05) is 17.0 Å². The van der Waals surface area contributed by atoms with Crippen molar-refractivity contribution in [3.8, 4) is 0 Å². The fourth-order valence-electron chi connectivity index (χ4n) is 1.28. The first-order valence-electron chi connectivity index (χ1n) is 3.84. The number of nitrogens with one attached hydrogen (secondary N) is 1. The molecular formula is C11H13N. The van der Waals surface area contributed by atoms with Gasteiger partial charge in [-0.2, -0.15) is 0 Å². The predicted molar refractivity (Wildman–Crippen MR) is 55.8 cm³/mol. The molecule has 0 spiro atoms. The summed E-state index contributed by atoms with van der Waals surface area (Å²) in [6.45, 7) is 13.2. The van der Waals surface area contributed by atoms with Gasteiger partial charge in [-0.25, -0.2) is 0 Å². The summed E-state index contributed by atoms with van der Waals surface area (Å²) < 4.78 is 0. The molecule has 0 amide bonds. The maximum Gasteiger partial charge on any atom is 0.0455 e. The molecule has 0 aliphatic heterocycles. The fourth-order valence-corrected chi connectivity index (χ4v) is 1.28. The van der Waals surface area contributed by atoms with Crippen molar-refractivity contribution < 1.29 is 0 Å². The summed E-state index contributed by atoms with van der Waals surface area (Å²) >= 11 is 0. The Labute approximate surface area is 73.1 Å². The molecule has 0 bridgehead atoms. The molecule has 0 unspecified atom stereocenters. The van der Waals surface area contributed by atoms with Crippen LogP contribution in [0, 0.1) is 6.92 Å². The van der Waals surface area contributed by atoms with Crippen LogP contribution in [0.3, 0.4) is 0 Å². The lowest BCUT2D eigenvalue weighted by molar-refractivity contribution is 1.33. The third-order valence-electron chi connectivity index (χ3n) is 1.98. The second kappa shape index (κ2) is 3.26. The average Bonchev–Trinajstić information content (AvgIpc) is 2.41. The summed E-state index contributed by atoms with van der Waals surface area (Å²) in [6, 6.07) is 0. The molecule has 1 heteroatoms. The summed E-state index contributed by atoms with van der Waals surface area (Å²) in [5, 5.41) is 0. The Hall–Kier alpha value is -1.50. The quantitative estimate of drug-likeness (QED) is 0.696. The minimum atomic E-state index is 1.01. The van der Waals surface area contributed by atoms with Crippen molar-refractivity contribution in [3.63, 3.8) is 0 Å². The predicted octanol–water partition coefficient (Wildman–Crippen LogP) is 3.25. The van der Waals surface area contributed by atoms with E-state index in [1.807, 2.05) is 13.0 Å². The van der Waals surface area contributed by atoms with Crippen LogP contribution in [0.25, 0.3) is 18.2 Å². The summed E-state index contributed by atoms with van der Waals surface area (Å²) in [6.07, 6.45) is 5.42. The number of hydrogen-bond acceptors (Lipinski definition) is 0. The van der Waals surface area contributed by atoms with E-state index in [0.717, 1.165) is 17.0 Å². The second-order valence-corrected chi connectivity index (χ2v) is 2.60. The van der Waals surface area contributed by atoms with Gasteiger partial charge in [-0.1, -0.05) is 25.8 Å². The first-order chi connectivity index (χ1) is 5.74. The monoisotopic (exact) mass is 159 g/mol. The summed E-state index contributed by atoms with van der Waals surface area (Å²) in [4.78, 5) is 3.19. The lowest BCUT2D eigenvalue weighted by atomic mass is 10.1. The molecule has 1 heterocycles. The second-order valence-electron chi connectivity index (χ2n) is 2.60. The van der Waals surface area contributed by atoms with Crippen molar-refractivity contribution in [1.29, 1.82) is 0 Å². The lowest BCUT2D eigenvalue weighted by Crippen LogP contribution is -1.75.